The molecule has 0 spiro atoms. The van der Waals surface area contributed by atoms with Crippen molar-refractivity contribution in [3.63, 3.8) is 0 Å². The lowest BCUT2D eigenvalue weighted by molar-refractivity contribution is 0.305. The summed E-state index contributed by atoms with van der Waals surface area (Å²) >= 11 is 1.58. The highest BCUT2D eigenvalue weighted by molar-refractivity contribution is 7.10. The Hall–Kier alpha value is -3.21. The van der Waals surface area contributed by atoms with Gasteiger partial charge in [0.25, 0.3) is 0 Å². The molecular weight excluding hydrogens is 372 g/mol. The second kappa shape index (κ2) is 8.21. The zero-order valence-corrected chi connectivity index (χ0v) is 16.0. The number of hydrogen-bond acceptors (Lipinski definition) is 7. The van der Waals surface area contributed by atoms with E-state index in [9.17, 15) is 0 Å². The molecule has 0 saturated carbocycles. The Morgan fingerprint density at radius 1 is 1.32 bits per heavy atom. The second-order valence-corrected chi connectivity index (χ2v) is 6.94. The van der Waals surface area contributed by atoms with Gasteiger partial charge < -0.3 is 14.8 Å². The molecule has 3 aromatic heterocycles. The van der Waals surface area contributed by atoms with Crippen LogP contribution in [-0.4, -0.2) is 35.3 Å². The molecule has 0 fully saturated rings. The number of pyridine rings is 1. The van der Waals surface area contributed by atoms with Gasteiger partial charge in [0.2, 0.25) is 0 Å². The van der Waals surface area contributed by atoms with Crippen molar-refractivity contribution >= 4 is 28.7 Å². The summed E-state index contributed by atoms with van der Waals surface area (Å²) in [5.74, 6) is 8.00. The van der Waals surface area contributed by atoms with E-state index in [1.165, 1.54) is 0 Å². The van der Waals surface area contributed by atoms with Crippen LogP contribution in [0.3, 0.4) is 0 Å². The molecule has 1 aliphatic heterocycles. The average Bonchev–Trinajstić information content (AvgIpc) is 3.38. The van der Waals surface area contributed by atoms with E-state index in [4.69, 9.17) is 19.5 Å². The van der Waals surface area contributed by atoms with E-state index in [1.54, 1.807) is 23.8 Å². The van der Waals surface area contributed by atoms with Gasteiger partial charge >= 0.3 is 0 Å². The molecule has 4 heterocycles. The van der Waals surface area contributed by atoms with Crippen LogP contribution in [0.4, 0.5) is 5.82 Å². The monoisotopic (exact) mass is 390 g/mol. The molecule has 0 amide bonds. The molecular formula is C21H18N4O2S. The first-order valence-corrected chi connectivity index (χ1v) is 9.69. The van der Waals surface area contributed by atoms with Crippen molar-refractivity contribution in [1.82, 2.24) is 10.3 Å². The Morgan fingerprint density at radius 2 is 2.25 bits per heavy atom. The van der Waals surface area contributed by atoms with Gasteiger partial charge in [0.1, 0.15) is 17.6 Å². The van der Waals surface area contributed by atoms with Crippen LogP contribution < -0.4 is 5.32 Å². The number of furan rings is 1. The maximum Gasteiger partial charge on any atom is 0.163 e. The SMILES string of the molecule is CNC1=Nc2ncccc2C(c2ccco2)=NC1c1cc(C#CCCO)cs1. The van der Waals surface area contributed by atoms with Crippen LogP contribution in [0.15, 0.2) is 62.6 Å². The summed E-state index contributed by atoms with van der Waals surface area (Å²) in [6.07, 6.45) is 3.81. The highest BCUT2D eigenvalue weighted by Gasteiger charge is 2.26. The van der Waals surface area contributed by atoms with Gasteiger partial charge in [-0.1, -0.05) is 11.8 Å². The number of fused-ring (bicyclic) bond motifs is 1. The summed E-state index contributed by atoms with van der Waals surface area (Å²) in [6.45, 7) is 0.0608. The molecule has 0 saturated heterocycles. The van der Waals surface area contributed by atoms with Gasteiger partial charge in [-0.25, -0.2) is 9.98 Å². The third kappa shape index (κ3) is 3.60. The van der Waals surface area contributed by atoms with Gasteiger partial charge in [0.05, 0.1) is 12.9 Å². The number of nitrogens with zero attached hydrogens (tertiary/aromatic N) is 3. The molecule has 1 unspecified atom stereocenters. The van der Waals surface area contributed by atoms with Crippen molar-refractivity contribution in [1.29, 1.82) is 0 Å². The normalized spacial score (nSPS) is 15.6. The fourth-order valence-electron chi connectivity index (χ4n) is 2.89. The van der Waals surface area contributed by atoms with Crippen molar-refractivity contribution in [2.75, 3.05) is 13.7 Å². The zero-order valence-electron chi connectivity index (χ0n) is 15.2. The molecule has 1 atom stereocenters. The number of nitrogens with one attached hydrogen (secondary N) is 1. The lowest BCUT2D eigenvalue weighted by atomic mass is 10.1. The van der Waals surface area contributed by atoms with Crippen LogP contribution in [0, 0.1) is 11.8 Å². The first-order chi connectivity index (χ1) is 13.8. The molecule has 6 nitrogen and oxygen atoms in total. The lowest BCUT2D eigenvalue weighted by Crippen LogP contribution is -2.24. The Labute approximate surface area is 166 Å². The number of thiophene rings is 1. The van der Waals surface area contributed by atoms with E-state index in [1.807, 2.05) is 42.8 Å². The first-order valence-electron chi connectivity index (χ1n) is 8.81. The van der Waals surface area contributed by atoms with Crippen LogP contribution in [0.1, 0.15) is 34.2 Å². The van der Waals surface area contributed by atoms with Crippen LogP contribution in [0.2, 0.25) is 0 Å². The molecule has 1 aliphatic rings. The van der Waals surface area contributed by atoms with E-state index in [-0.39, 0.29) is 12.6 Å². The Morgan fingerprint density at radius 3 is 3.04 bits per heavy atom. The molecule has 0 bridgehead atoms. The third-order valence-electron chi connectivity index (χ3n) is 4.15. The van der Waals surface area contributed by atoms with E-state index >= 15 is 0 Å². The average molecular weight is 390 g/mol. The molecule has 3 aromatic rings. The quantitative estimate of drug-likeness (QED) is 0.672. The van der Waals surface area contributed by atoms with Gasteiger partial charge in [-0.2, -0.15) is 0 Å². The first kappa shape index (κ1) is 18.2. The zero-order chi connectivity index (χ0) is 19.3. The molecule has 0 aliphatic carbocycles. The fourth-order valence-corrected chi connectivity index (χ4v) is 3.77. The summed E-state index contributed by atoms with van der Waals surface area (Å²) in [6, 6.07) is 9.23. The smallest absolute Gasteiger partial charge is 0.163 e. The van der Waals surface area contributed by atoms with Crippen molar-refractivity contribution in [2.45, 2.75) is 12.5 Å². The Bertz CT molecular complexity index is 1090. The number of likely N-dealkylation sites (N-methyl/N-ethyl adjacent to an activating group) is 1. The standard InChI is InChI=1S/C21H18N4O2S/c1-22-21-19(17-12-14(13-28-17)6-2-3-10-26)24-18(16-8-5-11-27-16)15-7-4-9-23-20(15)25-21/h4-5,7-9,11-13,19,26H,3,10H2,1H3,(H,22,23,25). The predicted octanol–water partition coefficient (Wildman–Crippen LogP) is 3.31. The molecule has 4 rings (SSSR count). The van der Waals surface area contributed by atoms with E-state index in [2.05, 4.69) is 22.1 Å². The molecule has 140 valence electrons. The van der Waals surface area contributed by atoms with Crippen LogP contribution in [0.25, 0.3) is 0 Å². The summed E-state index contributed by atoms with van der Waals surface area (Å²) < 4.78 is 5.64. The Balaban J connectivity index is 1.82. The van der Waals surface area contributed by atoms with Gasteiger partial charge in [0, 0.05) is 41.0 Å². The molecule has 0 aromatic carbocycles. The number of aliphatic hydroxyl groups excluding tert-OH is 1. The predicted molar refractivity (Wildman–Crippen MR) is 110 cm³/mol. The van der Waals surface area contributed by atoms with Crippen LogP contribution >= 0.6 is 11.3 Å². The largest absolute Gasteiger partial charge is 0.463 e. The van der Waals surface area contributed by atoms with Gasteiger partial charge in [-0.15, -0.1) is 11.3 Å². The molecule has 7 heteroatoms. The second-order valence-electron chi connectivity index (χ2n) is 5.99. The van der Waals surface area contributed by atoms with Gasteiger partial charge in [-0.3, -0.25) is 4.99 Å². The van der Waals surface area contributed by atoms with E-state index in [0.717, 1.165) is 16.0 Å². The van der Waals surface area contributed by atoms with Crippen molar-refractivity contribution in [3.8, 4) is 11.8 Å². The molecule has 2 N–H and O–H groups in total. The number of rotatable bonds is 3. The van der Waals surface area contributed by atoms with E-state index in [0.29, 0.717) is 29.5 Å². The maximum atomic E-state index is 8.90. The van der Waals surface area contributed by atoms with E-state index < -0.39 is 0 Å². The molecule has 0 radical (unpaired) electrons. The minimum Gasteiger partial charge on any atom is -0.463 e. The minimum atomic E-state index is -0.322. The molecule has 28 heavy (non-hydrogen) atoms. The topological polar surface area (TPSA) is 83.0 Å². The fraction of sp³-hybridized carbons (Fsp3) is 0.190. The third-order valence-corrected chi connectivity index (χ3v) is 5.14. The lowest BCUT2D eigenvalue weighted by Gasteiger charge is -2.12. The number of aliphatic hydroxyl groups is 1. The Kier molecular flexibility index (Phi) is 5.33. The number of amidine groups is 1. The van der Waals surface area contributed by atoms with Gasteiger partial charge in [-0.05, 0) is 30.3 Å². The minimum absolute atomic E-state index is 0.0608. The maximum absolute atomic E-state index is 8.90. The summed E-state index contributed by atoms with van der Waals surface area (Å²) in [5.41, 5.74) is 2.44. The van der Waals surface area contributed by atoms with Crippen molar-refractivity contribution < 1.29 is 9.52 Å². The highest BCUT2D eigenvalue weighted by Crippen LogP contribution is 2.32. The summed E-state index contributed by atoms with van der Waals surface area (Å²) in [4.78, 5) is 15.2. The number of aromatic nitrogens is 1. The number of hydrogen-bond donors (Lipinski definition) is 2. The van der Waals surface area contributed by atoms with Crippen molar-refractivity contribution in [3.05, 3.63) is 69.9 Å². The highest BCUT2D eigenvalue weighted by atomic mass is 32.1. The summed E-state index contributed by atoms with van der Waals surface area (Å²) in [5, 5.41) is 14.1. The van der Waals surface area contributed by atoms with Crippen LogP contribution in [-0.2, 0) is 0 Å². The number of aliphatic imine (C=N–C) groups is 2. The summed E-state index contributed by atoms with van der Waals surface area (Å²) in [7, 11) is 1.83. The van der Waals surface area contributed by atoms with Crippen LogP contribution in [0.5, 0.6) is 0 Å². The van der Waals surface area contributed by atoms with Gasteiger partial charge in [0.15, 0.2) is 11.6 Å². The van der Waals surface area contributed by atoms with Crippen molar-refractivity contribution in [2.24, 2.45) is 9.98 Å².